The molecule has 1 rings (SSSR count). The minimum atomic E-state index is -0.273. The van der Waals surface area contributed by atoms with E-state index in [-0.39, 0.29) is 17.4 Å². The predicted octanol–water partition coefficient (Wildman–Crippen LogP) is 1.07. The summed E-state index contributed by atoms with van der Waals surface area (Å²) in [6.07, 6.45) is 3.60. The number of ether oxygens (including phenoxy) is 1. The summed E-state index contributed by atoms with van der Waals surface area (Å²) in [4.78, 5) is 11.3. The molecular weight excluding hydrogens is 154 g/mol. The van der Waals surface area contributed by atoms with Gasteiger partial charge in [0.05, 0.1) is 12.5 Å². The van der Waals surface area contributed by atoms with Crippen LogP contribution in [0.2, 0.25) is 0 Å². The van der Waals surface area contributed by atoms with Gasteiger partial charge in [-0.25, -0.2) is 0 Å². The van der Waals surface area contributed by atoms with E-state index in [1.54, 1.807) is 0 Å². The molecule has 0 radical (unpaired) electrons. The minimum Gasteiger partial charge on any atom is -0.469 e. The molecule has 70 valence electrons. The number of carbonyl (C=O) groups excluding carboxylic acids is 1. The fourth-order valence-electron chi connectivity index (χ4n) is 1.73. The molecule has 3 heteroatoms. The first-order valence-electron chi connectivity index (χ1n) is 4.42. The molecule has 0 amide bonds. The SMILES string of the molecule is COC(=O)[C@]1(C)CC[C@H](N)CC1. The fraction of sp³-hybridized carbons (Fsp3) is 0.889. The van der Waals surface area contributed by atoms with Crippen molar-refractivity contribution in [3.8, 4) is 0 Å². The van der Waals surface area contributed by atoms with Gasteiger partial charge in [-0.2, -0.15) is 0 Å². The van der Waals surface area contributed by atoms with E-state index in [1.165, 1.54) is 7.11 Å². The monoisotopic (exact) mass is 171 g/mol. The van der Waals surface area contributed by atoms with Crippen molar-refractivity contribution < 1.29 is 9.53 Å². The Kier molecular flexibility index (Phi) is 2.73. The van der Waals surface area contributed by atoms with Crippen molar-refractivity contribution in [2.24, 2.45) is 11.1 Å². The van der Waals surface area contributed by atoms with Crippen molar-refractivity contribution in [2.45, 2.75) is 38.6 Å². The number of esters is 1. The van der Waals surface area contributed by atoms with Crippen LogP contribution in [-0.4, -0.2) is 19.1 Å². The molecule has 2 N–H and O–H groups in total. The lowest BCUT2D eigenvalue weighted by Gasteiger charge is -2.33. The molecule has 1 aliphatic carbocycles. The summed E-state index contributed by atoms with van der Waals surface area (Å²) in [7, 11) is 1.45. The van der Waals surface area contributed by atoms with E-state index in [4.69, 9.17) is 10.5 Å². The summed E-state index contributed by atoms with van der Waals surface area (Å²) in [6.45, 7) is 1.96. The third-order valence-electron chi connectivity index (χ3n) is 2.81. The maximum absolute atomic E-state index is 11.3. The zero-order valence-corrected chi connectivity index (χ0v) is 7.80. The number of methoxy groups -OCH3 is 1. The van der Waals surface area contributed by atoms with Gasteiger partial charge in [-0.15, -0.1) is 0 Å². The van der Waals surface area contributed by atoms with Crippen LogP contribution in [0.3, 0.4) is 0 Å². The van der Waals surface area contributed by atoms with Gasteiger partial charge in [0.1, 0.15) is 0 Å². The zero-order chi connectivity index (χ0) is 9.19. The molecule has 12 heavy (non-hydrogen) atoms. The largest absolute Gasteiger partial charge is 0.469 e. The first-order valence-corrected chi connectivity index (χ1v) is 4.42. The van der Waals surface area contributed by atoms with Gasteiger partial charge in [-0.3, -0.25) is 4.79 Å². The van der Waals surface area contributed by atoms with Crippen LogP contribution in [0, 0.1) is 5.41 Å². The Morgan fingerprint density at radius 1 is 1.50 bits per heavy atom. The van der Waals surface area contributed by atoms with E-state index >= 15 is 0 Å². The molecule has 1 aliphatic rings. The Morgan fingerprint density at radius 3 is 2.42 bits per heavy atom. The lowest BCUT2D eigenvalue weighted by Crippen LogP contribution is -2.37. The molecule has 3 nitrogen and oxygen atoms in total. The lowest BCUT2D eigenvalue weighted by molar-refractivity contribution is -0.153. The van der Waals surface area contributed by atoms with Gasteiger partial charge in [0.15, 0.2) is 0 Å². The lowest BCUT2D eigenvalue weighted by atomic mass is 9.74. The van der Waals surface area contributed by atoms with Gasteiger partial charge in [0.2, 0.25) is 0 Å². The van der Waals surface area contributed by atoms with Crippen molar-refractivity contribution in [2.75, 3.05) is 7.11 Å². The van der Waals surface area contributed by atoms with Crippen LogP contribution in [0.5, 0.6) is 0 Å². The molecule has 0 aromatic carbocycles. The number of carbonyl (C=O) groups is 1. The Balaban J connectivity index is 2.55. The van der Waals surface area contributed by atoms with Gasteiger partial charge < -0.3 is 10.5 Å². The van der Waals surface area contributed by atoms with Gasteiger partial charge in [0.25, 0.3) is 0 Å². The van der Waals surface area contributed by atoms with Gasteiger partial charge in [-0.05, 0) is 32.6 Å². The molecule has 0 spiro atoms. The van der Waals surface area contributed by atoms with Crippen molar-refractivity contribution in [1.29, 1.82) is 0 Å². The molecule has 0 heterocycles. The van der Waals surface area contributed by atoms with E-state index in [9.17, 15) is 4.79 Å². The average molecular weight is 171 g/mol. The third kappa shape index (κ3) is 1.78. The van der Waals surface area contributed by atoms with E-state index in [2.05, 4.69) is 0 Å². The smallest absolute Gasteiger partial charge is 0.311 e. The molecule has 0 aromatic rings. The quantitative estimate of drug-likeness (QED) is 0.600. The summed E-state index contributed by atoms with van der Waals surface area (Å²) >= 11 is 0. The van der Waals surface area contributed by atoms with Crippen LogP contribution in [0.4, 0.5) is 0 Å². The third-order valence-corrected chi connectivity index (χ3v) is 2.81. The van der Waals surface area contributed by atoms with E-state index in [0.717, 1.165) is 25.7 Å². The first kappa shape index (κ1) is 9.52. The normalized spacial score (nSPS) is 36.1. The number of rotatable bonds is 1. The maximum Gasteiger partial charge on any atom is 0.311 e. The molecule has 0 aromatic heterocycles. The molecule has 0 aliphatic heterocycles. The Morgan fingerprint density at radius 2 is 2.00 bits per heavy atom. The summed E-state index contributed by atoms with van der Waals surface area (Å²) in [5, 5.41) is 0. The Labute approximate surface area is 73.3 Å². The Hall–Kier alpha value is -0.570. The number of nitrogens with two attached hydrogens (primary N) is 1. The highest BCUT2D eigenvalue weighted by Crippen LogP contribution is 2.36. The van der Waals surface area contributed by atoms with Gasteiger partial charge >= 0.3 is 5.97 Å². The van der Waals surface area contributed by atoms with Crippen molar-refractivity contribution in [1.82, 2.24) is 0 Å². The van der Waals surface area contributed by atoms with Crippen molar-refractivity contribution in [3.63, 3.8) is 0 Å². The van der Waals surface area contributed by atoms with Crippen LogP contribution < -0.4 is 5.73 Å². The predicted molar refractivity (Wildman–Crippen MR) is 46.6 cm³/mol. The van der Waals surface area contributed by atoms with Crippen molar-refractivity contribution in [3.05, 3.63) is 0 Å². The van der Waals surface area contributed by atoms with E-state index in [1.807, 2.05) is 6.92 Å². The second-order valence-corrected chi connectivity index (χ2v) is 3.89. The van der Waals surface area contributed by atoms with Crippen LogP contribution in [0.25, 0.3) is 0 Å². The van der Waals surface area contributed by atoms with Crippen molar-refractivity contribution >= 4 is 5.97 Å². The number of hydrogen-bond donors (Lipinski definition) is 1. The molecule has 0 atom stereocenters. The van der Waals surface area contributed by atoms with Gasteiger partial charge in [0, 0.05) is 6.04 Å². The van der Waals surface area contributed by atoms with E-state index in [0.29, 0.717) is 0 Å². The molecular formula is C9H17NO2. The standard InChI is InChI=1S/C9H17NO2/c1-9(8(11)12-2)5-3-7(10)4-6-9/h7H,3-6,10H2,1-2H3/t7-,9+. The summed E-state index contributed by atoms with van der Waals surface area (Å²) in [5.41, 5.74) is 5.47. The second-order valence-electron chi connectivity index (χ2n) is 3.89. The maximum atomic E-state index is 11.3. The van der Waals surface area contributed by atoms with Crippen LogP contribution in [0.1, 0.15) is 32.6 Å². The van der Waals surface area contributed by atoms with Gasteiger partial charge in [-0.1, -0.05) is 0 Å². The minimum absolute atomic E-state index is 0.0885. The first-order chi connectivity index (χ1) is 5.58. The fourth-order valence-corrected chi connectivity index (χ4v) is 1.73. The van der Waals surface area contributed by atoms with E-state index < -0.39 is 0 Å². The average Bonchev–Trinajstić information content (AvgIpc) is 2.09. The number of hydrogen-bond acceptors (Lipinski definition) is 3. The van der Waals surface area contributed by atoms with Crippen LogP contribution >= 0.6 is 0 Å². The highest BCUT2D eigenvalue weighted by molar-refractivity contribution is 5.76. The van der Waals surface area contributed by atoms with Crippen LogP contribution in [-0.2, 0) is 9.53 Å². The Bertz CT molecular complexity index is 171. The summed E-state index contributed by atoms with van der Waals surface area (Å²) in [6, 6.07) is 0.280. The summed E-state index contributed by atoms with van der Waals surface area (Å²) < 4.78 is 4.75. The summed E-state index contributed by atoms with van der Waals surface area (Å²) in [5.74, 6) is -0.0885. The second kappa shape index (κ2) is 3.44. The molecule has 0 bridgehead atoms. The topological polar surface area (TPSA) is 52.3 Å². The molecule has 1 fully saturated rings. The highest BCUT2D eigenvalue weighted by atomic mass is 16.5. The highest BCUT2D eigenvalue weighted by Gasteiger charge is 2.37. The van der Waals surface area contributed by atoms with Crippen LogP contribution in [0.15, 0.2) is 0 Å². The molecule has 0 saturated heterocycles. The molecule has 1 saturated carbocycles. The zero-order valence-electron chi connectivity index (χ0n) is 7.80. The molecule has 0 unspecified atom stereocenters.